The van der Waals surface area contributed by atoms with Crippen LogP contribution in [0.3, 0.4) is 0 Å². The van der Waals surface area contributed by atoms with E-state index in [1.807, 2.05) is 60.7 Å². The minimum atomic E-state index is -0.677. The number of thiophene rings is 2. The molecule has 0 aliphatic heterocycles. The topological polar surface area (TPSA) is 33.6 Å². The van der Waals surface area contributed by atoms with Crippen LogP contribution in [0.25, 0.3) is 106 Å². The zero-order valence-electron chi connectivity index (χ0n) is 29.3. The van der Waals surface area contributed by atoms with Crippen LogP contribution in [0.15, 0.2) is 152 Å². The van der Waals surface area contributed by atoms with Crippen LogP contribution in [0.4, 0.5) is 8.78 Å². The van der Waals surface area contributed by atoms with Crippen molar-refractivity contribution in [2.24, 2.45) is 0 Å². The van der Waals surface area contributed by atoms with Gasteiger partial charge in [0, 0.05) is 58.1 Å². The van der Waals surface area contributed by atoms with E-state index in [2.05, 4.69) is 88.0 Å². The van der Waals surface area contributed by atoms with Crippen molar-refractivity contribution >= 4 is 107 Å². The SMILES string of the molecule is N#Cc1cc(-n2c3ccccc3c3ccc4c5ccccc5sc4c32)c(-c2c(F)cccc2F)cc1-n1c2ccccc2c2ccc3c4ccccc4sc3c21. The lowest BCUT2D eigenvalue weighted by molar-refractivity contribution is 0.589. The Morgan fingerprint density at radius 2 is 0.911 bits per heavy atom. The van der Waals surface area contributed by atoms with E-state index >= 15 is 8.78 Å². The molecule has 8 aromatic carbocycles. The summed E-state index contributed by atoms with van der Waals surface area (Å²) >= 11 is 3.42. The van der Waals surface area contributed by atoms with E-state index in [4.69, 9.17) is 0 Å². The monoisotopic (exact) mass is 757 g/mol. The molecule has 56 heavy (non-hydrogen) atoms. The molecule has 0 aliphatic rings. The number of aromatic nitrogens is 2. The highest BCUT2D eigenvalue weighted by molar-refractivity contribution is 7.27. The van der Waals surface area contributed by atoms with Crippen molar-refractivity contribution in [1.82, 2.24) is 9.13 Å². The summed E-state index contributed by atoms with van der Waals surface area (Å²) in [6.45, 7) is 0. The highest BCUT2D eigenvalue weighted by Crippen LogP contribution is 2.47. The van der Waals surface area contributed by atoms with Gasteiger partial charge in [0.15, 0.2) is 0 Å². The lowest BCUT2D eigenvalue weighted by Gasteiger charge is -2.19. The number of halogens is 2. The molecule has 12 aromatic rings. The van der Waals surface area contributed by atoms with Crippen molar-refractivity contribution in [1.29, 1.82) is 5.26 Å². The first-order valence-electron chi connectivity index (χ1n) is 18.3. The highest BCUT2D eigenvalue weighted by atomic mass is 32.1. The molecule has 0 saturated carbocycles. The van der Waals surface area contributed by atoms with Gasteiger partial charge in [0.25, 0.3) is 0 Å². The first-order chi connectivity index (χ1) is 27.6. The number of hydrogen-bond acceptors (Lipinski definition) is 3. The van der Waals surface area contributed by atoms with Crippen LogP contribution in [0, 0.1) is 23.0 Å². The maximum atomic E-state index is 16.3. The van der Waals surface area contributed by atoms with Gasteiger partial charge in [-0.3, -0.25) is 0 Å². The third kappa shape index (κ3) is 4.17. The van der Waals surface area contributed by atoms with E-state index in [-0.39, 0.29) is 5.56 Å². The molecule has 0 saturated heterocycles. The predicted molar refractivity (Wildman–Crippen MR) is 231 cm³/mol. The van der Waals surface area contributed by atoms with Crippen molar-refractivity contribution in [2.45, 2.75) is 0 Å². The Balaban J connectivity index is 1.28. The van der Waals surface area contributed by atoms with Crippen molar-refractivity contribution in [2.75, 3.05) is 0 Å². The summed E-state index contributed by atoms with van der Waals surface area (Å²) in [7, 11) is 0. The molecular formula is C49H25F2N3S2. The number of nitriles is 1. The predicted octanol–water partition coefficient (Wildman–Crippen LogP) is 14.4. The van der Waals surface area contributed by atoms with Crippen molar-refractivity contribution in [3.8, 4) is 28.6 Å². The van der Waals surface area contributed by atoms with Crippen LogP contribution in [0.1, 0.15) is 5.56 Å². The fraction of sp³-hybridized carbons (Fsp3) is 0. The molecule has 0 radical (unpaired) electrons. The summed E-state index contributed by atoms with van der Waals surface area (Å²) < 4.78 is 41.4. The van der Waals surface area contributed by atoms with Gasteiger partial charge in [0.2, 0.25) is 0 Å². The van der Waals surface area contributed by atoms with Gasteiger partial charge >= 0.3 is 0 Å². The van der Waals surface area contributed by atoms with E-state index in [0.29, 0.717) is 22.5 Å². The van der Waals surface area contributed by atoms with E-state index < -0.39 is 11.6 Å². The Hall–Kier alpha value is -6.85. The number of hydrogen-bond donors (Lipinski definition) is 0. The third-order valence-corrected chi connectivity index (χ3v) is 13.7. The number of fused-ring (bicyclic) bond motifs is 14. The molecule has 0 N–H and O–H groups in total. The number of rotatable bonds is 3. The molecule has 262 valence electrons. The zero-order chi connectivity index (χ0) is 37.2. The maximum absolute atomic E-state index is 16.3. The quantitative estimate of drug-likeness (QED) is 0.177. The van der Waals surface area contributed by atoms with Crippen molar-refractivity contribution < 1.29 is 8.78 Å². The van der Waals surface area contributed by atoms with Gasteiger partial charge in [-0.25, -0.2) is 8.78 Å². The molecule has 0 spiro atoms. The van der Waals surface area contributed by atoms with Gasteiger partial charge in [-0.15, -0.1) is 22.7 Å². The molecule has 0 amide bonds. The Kier molecular flexibility index (Phi) is 6.51. The Labute approximate surface area is 325 Å². The van der Waals surface area contributed by atoms with Gasteiger partial charge in [-0.05, 0) is 48.5 Å². The molecule has 0 aliphatic carbocycles. The lowest BCUT2D eigenvalue weighted by atomic mass is 9.98. The zero-order valence-corrected chi connectivity index (χ0v) is 31.0. The number of para-hydroxylation sites is 2. The van der Waals surface area contributed by atoms with Crippen LogP contribution in [-0.4, -0.2) is 9.13 Å². The summed E-state index contributed by atoms with van der Waals surface area (Å²) in [4.78, 5) is 0. The highest BCUT2D eigenvalue weighted by Gasteiger charge is 2.26. The Bertz CT molecular complexity index is 3690. The van der Waals surface area contributed by atoms with Gasteiger partial charge in [0.05, 0.1) is 54.0 Å². The van der Waals surface area contributed by atoms with Crippen LogP contribution >= 0.6 is 22.7 Å². The van der Waals surface area contributed by atoms with Crippen LogP contribution in [-0.2, 0) is 0 Å². The minimum absolute atomic E-state index is 0.143. The number of nitrogens with zero attached hydrogens (tertiary/aromatic N) is 3. The largest absolute Gasteiger partial charge is 0.307 e. The molecule has 0 bridgehead atoms. The molecule has 4 heterocycles. The number of benzene rings is 8. The minimum Gasteiger partial charge on any atom is -0.307 e. The van der Waals surface area contributed by atoms with E-state index in [0.717, 1.165) is 84.0 Å². The average molecular weight is 758 g/mol. The second-order valence-electron chi connectivity index (χ2n) is 14.2. The molecule has 0 atom stereocenters. The summed E-state index contributed by atoms with van der Waals surface area (Å²) in [5.74, 6) is -1.35. The fourth-order valence-electron chi connectivity index (χ4n) is 8.95. The van der Waals surface area contributed by atoms with Crippen molar-refractivity contribution in [3.05, 3.63) is 169 Å². The maximum Gasteiger partial charge on any atom is 0.134 e. The average Bonchev–Trinajstić information content (AvgIpc) is 3.98. The van der Waals surface area contributed by atoms with Gasteiger partial charge < -0.3 is 9.13 Å². The normalized spacial score (nSPS) is 12.1. The summed E-state index contributed by atoms with van der Waals surface area (Å²) in [5.41, 5.74) is 5.35. The molecule has 0 fully saturated rings. The summed E-state index contributed by atoms with van der Waals surface area (Å²) in [5, 5.41) is 19.8. The summed E-state index contributed by atoms with van der Waals surface area (Å²) in [6, 6.07) is 51.9. The van der Waals surface area contributed by atoms with Gasteiger partial charge in [-0.1, -0.05) is 103 Å². The second-order valence-corrected chi connectivity index (χ2v) is 16.3. The smallest absolute Gasteiger partial charge is 0.134 e. The van der Waals surface area contributed by atoms with E-state index in [1.54, 1.807) is 22.7 Å². The molecule has 3 nitrogen and oxygen atoms in total. The van der Waals surface area contributed by atoms with Gasteiger partial charge in [-0.2, -0.15) is 5.26 Å². The van der Waals surface area contributed by atoms with Crippen LogP contribution < -0.4 is 0 Å². The first-order valence-corrected chi connectivity index (χ1v) is 19.9. The molecule has 4 aromatic heterocycles. The fourth-order valence-corrected chi connectivity index (χ4v) is 11.4. The van der Waals surface area contributed by atoms with Crippen molar-refractivity contribution in [3.63, 3.8) is 0 Å². The van der Waals surface area contributed by atoms with E-state index in [1.165, 1.54) is 18.2 Å². The van der Waals surface area contributed by atoms with Crippen LogP contribution in [0.2, 0.25) is 0 Å². The molecule has 0 unspecified atom stereocenters. The lowest BCUT2D eigenvalue weighted by Crippen LogP contribution is -2.05. The molecular weight excluding hydrogens is 733 g/mol. The first kappa shape index (κ1) is 31.5. The summed E-state index contributed by atoms with van der Waals surface area (Å²) in [6.07, 6.45) is 0. The molecule has 7 heteroatoms. The van der Waals surface area contributed by atoms with Gasteiger partial charge in [0.1, 0.15) is 17.7 Å². The third-order valence-electron chi connectivity index (χ3n) is 11.3. The standard InChI is InChI=1S/C49H25F2N3S2/c50-37-14-9-15-38(51)45(37)36-25-41(53-39-16-5-1-10-28(39)32-20-22-34-30-12-3-7-18-43(30)55-48(34)46(32)53)27(26-52)24-42(36)54-40-17-6-2-11-29(40)33-21-23-35-31-13-4-8-19-44(31)56-49(35)47(33)54/h1-25H. The Morgan fingerprint density at radius 3 is 1.45 bits per heavy atom. The second kappa shape index (κ2) is 11.6. The van der Waals surface area contributed by atoms with Crippen LogP contribution in [0.5, 0.6) is 0 Å². The van der Waals surface area contributed by atoms with E-state index in [9.17, 15) is 5.26 Å². The Morgan fingerprint density at radius 1 is 0.446 bits per heavy atom. The molecule has 12 rings (SSSR count).